The monoisotopic (exact) mass is 478 g/mol. The third-order valence-corrected chi connectivity index (χ3v) is 6.64. The lowest BCUT2D eigenvalue weighted by Gasteiger charge is -2.21. The van der Waals surface area contributed by atoms with Crippen LogP contribution in [-0.2, 0) is 9.59 Å². The van der Waals surface area contributed by atoms with Gasteiger partial charge in [-0.1, -0.05) is 11.3 Å². The number of hydrogen-bond donors (Lipinski definition) is 1. The summed E-state index contributed by atoms with van der Waals surface area (Å²) in [7, 11) is 0. The van der Waals surface area contributed by atoms with Crippen LogP contribution < -0.4 is 14.4 Å². The molecule has 1 atom stereocenters. The number of furan rings is 1. The van der Waals surface area contributed by atoms with E-state index in [1.54, 1.807) is 30.3 Å². The van der Waals surface area contributed by atoms with Crippen molar-refractivity contribution in [3.63, 3.8) is 0 Å². The first-order valence-electron chi connectivity index (χ1n) is 10.3. The number of carbonyl (C=O) groups is 2. The molecule has 2 aliphatic heterocycles. The Morgan fingerprint density at radius 2 is 1.91 bits per heavy atom. The second kappa shape index (κ2) is 7.70. The Hall–Kier alpha value is -4.18. The normalized spacial score (nSPS) is 19.2. The van der Waals surface area contributed by atoms with Crippen LogP contribution in [0.3, 0.4) is 0 Å². The molecule has 4 aromatic rings. The van der Waals surface area contributed by atoms with Gasteiger partial charge in [-0.05, 0) is 48.5 Å². The van der Waals surface area contributed by atoms with E-state index in [4.69, 9.17) is 13.9 Å². The molecule has 2 aliphatic rings. The fourth-order valence-electron chi connectivity index (χ4n) is 4.08. The van der Waals surface area contributed by atoms with Gasteiger partial charge in [-0.15, -0.1) is 0 Å². The van der Waals surface area contributed by atoms with Crippen molar-refractivity contribution in [1.82, 2.24) is 4.98 Å². The number of aliphatic hydroxyl groups excluding tert-OH is 1. The number of aliphatic hydroxyl groups is 1. The highest BCUT2D eigenvalue weighted by atomic mass is 32.1. The van der Waals surface area contributed by atoms with Crippen LogP contribution in [0, 0.1) is 5.82 Å². The molecule has 0 saturated carbocycles. The number of fused-ring (bicyclic) bond motifs is 2. The van der Waals surface area contributed by atoms with E-state index >= 15 is 0 Å². The van der Waals surface area contributed by atoms with E-state index in [1.807, 2.05) is 0 Å². The largest absolute Gasteiger partial charge is 0.507 e. The van der Waals surface area contributed by atoms with Crippen LogP contribution in [0.15, 0.2) is 64.8 Å². The van der Waals surface area contributed by atoms with Crippen LogP contribution >= 0.6 is 11.3 Å². The Morgan fingerprint density at radius 3 is 2.71 bits per heavy atom. The van der Waals surface area contributed by atoms with Crippen molar-refractivity contribution >= 4 is 44.1 Å². The van der Waals surface area contributed by atoms with Crippen LogP contribution in [0.25, 0.3) is 16.0 Å². The average Bonchev–Trinajstić information content (AvgIpc) is 3.57. The second-order valence-electron chi connectivity index (χ2n) is 7.65. The fraction of sp³-hybridized carbons (Fsp3) is 0.125. The number of rotatable bonds is 3. The Bertz CT molecular complexity index is 1490. The number of Topliss-reactive ketones (excluding diaryl/α,β-unsaturated/α-hetero) is 1. The van der Waals surface area contributed by atoms with Gasteiger partial charge in [0.25, 0.3) is 5.78 Å². The molecule has 2 aromatic carbocycles. The number of benzene rings is 2. The molecule has 1 unspecified atom stereocenters. The molecule has 4 heterocycles. The van der Waals surface area contributed by atoms with Crippen LogP contribution in [0.2, 0.25) is 0 Å². The zero-order chi connectivity index (χ0) is 23.4. The number of halogens is 1. The minimum atomic E-state index is -1.06. The minimum absolute atomic E-state index is 0.151. The average molecular weight is 478 g/mol. The summed E-state index contributed by atoms with van der Waals surface area (Å²) in [4.78, 5) is 32.0. The van der Waals surface area contributed by atoms with Gasteiger partial charge in [0.1, 0.15) is 36.6 Å². The second-order valence-corrected chi connectivity index (χ2v) is 8.66. The number of aromatic nitrogens is 1. The van der Waals surface area contributed by atoms with E-state index in [9.17, 15) is 19.1 Å². The van der Waals surface area contributed by atoms with E-state index in [-0.39, 0.29) is 27.8 Å². The maximum atomic E-state index is 13.7. The maximum absolute atomic E-state index is 13.7. The van der Waals surface area contributed by atoms with Crippen LogP contribution in [0.4, 0.5) is 9.52 Å². The summed E-state index contributed by atoms with van der Waals surface area (Å²) in [5, 5.41) is 11.4. The van der Waals surface area contributed by atoms with E-state index < -0.39 is 23.5 Å². The van der Waals surface area contributed by atoms with Gasteiger partial charge in [-0.25, -0.2) is 9.37 Å². The van der Waals surface area contributed by atoms with Crippen molar-refractivity contribution in [1.29, 1.82) is 0 Å². The van der Waals surface area contributed by atoms with Gasteiger partial charge >= 0.3 is 5.91 Å². The standard InChI is InChI=1S/C24H15FN2O6S/c25-13-4-5-14-18(11-13)34-24(26-14)27-20(16-2-1-7-31-16)19(22(29)23(27)30)21(28)12-3-6-15-17(10-12)33-9-8-32-15/h1-7,10-11,20,28H,8-9H2. The molecule has 6 rings (SSSR count). The number of ether oxygens (including phenoxy) is 2. The van der Waals surface area contributed by atoms with Crippen LogP contribution in [-0.4, -0.2) is 35.0 Å². The molecule has 170 valence electrons. The molecule has 1 fully saturated rings. The predicted octanol–water partition coefficient (Wildman–Crippen LogP) is 4.43. The molecule has 0 bridgehead atoms. The molecule has 1 amide bonds. The Kier molecular flexibility index (Phi) is 4.63. The summed E-state index contributed by atoms with van der Waals surface area (Å²) in [6.07, 6.45) is 1.41. The van der Waals surface area contributed by atoms with Gasteiger partial charge in [0.15, 0.2) is 16.6 Å². The van der Waals surface area contributed by atoms with Crippen LogP contribution in [0.5, 0.6) is 11.5 Å². The van der Waals surface area contributed by atoms with Gasteiger partial charge in [-0.3, -0.25) is 14.5 Å². The number of ketones is 1. The zero-order valence-electron chi connectivity index (χ0n) is 17.4. The molecular weight excluding hydrogens is 463 g/mol. The predicted molar refractivity (Wildman–Crippen MR) is 121 cm³/mol. The Balaban J connectivity index is 1.52. The number of thiazole rings is 1. The molecule has 2 aromatic heterocycles. The molecule has 1 N–H and O–H groups in total. The number of amides is 1. The number of nitrogens with zero attached hydrogens (tertiary/aromatic N) is 2. The number of carbonyl (C=O) groups excluding carboxylic acids is 2. The smallest absolute Gasteiger partial charge is 0.302 e. The summed E-state index contributed by atoms with van der Waals surface area (Å²) in [6, 6.07) is 11.0. The highest BCUT2D eigenvalue weighted by molar-refractivity contribution is 7.22. The lowest BCUT2D eigenvalue weighted by atomic mass is 9.99. The first kappa shape index (κ1) is 20.4. The first-order valence-corrected chi connectivity index (χ1v) is 11.1. The van der Waals surface area contributed by atoms with Gasteiger partial charge < -0.3 is 19.0 Å². The van der Waals surface area contributed by atoms with Crippen molar-refractivity contribution in [2.45, 2.75) is 6.04 Å². The number of anilines is 1. The van der Waals surface area contributed by atoms with Crippen molar-refractivity contribution in [2.75, 3.05) is 18.1 Å². The van der Waals surface area contributed by atoms with Crippen molar-refractivity contribution in [3.05, 3.63) is 77.5 Å². The fourth-order valence-corrected chi connectivity index (χ4v) is 5.10. The Labute approximate surface area is 195 Å². The SMILES string of the molecule is O=C1C(=O)N(c2nc3ccc(F)cc3s2)C(c2ccco2)C1=C(O)c1ccc2c(c1)OCCO2. The zero-order valence-corrected chi connectivity index (χ0v) is 18.2. The van der Waals surface area contributed by atoms with Crippen molar-refractivity contribution in [3.8, 4) is 11.5 Å². The summed E-state index contributed by atoms with van der Waals surface area (Å²) in [5.41, 5.74) is 0.612. The van der Waals surface area contributed by atoms with Gasteiger partial charge in [0.05, 0.1) is 22.1 Å². The van der Waals surface area contributed by atoms with E-state index in [2.05, 4.69) is 4.98 Å². The Morgan fingerprint density at radius 1 is 1.09 bits per heavy atom. The van der Waals surface area contributed by atoms with Crippen molar-refractivity contribution < 1.29 is 33.0 Å². The number of hydrogen-bond acceptors (Lipinski definition) is 8. The quantitative estimate of drug-likeness (QED) is 0.264. The summed E-state index contributed by atoms with van der Waals surface area (Å²) in [5.74, 6) is -1.37. The molecule has 10 heteroatoms. The maximum Gasteiger partial charge on any atom is 0.302 e. The third kappa shape index (κ3) is 3.14. The molecule has 8 nitrogen and oxygen atoms in total. The molecule has 34 heavy (non-hydrogen) atoms. The highest BCUT2D eigenvalue weighted by Crippen LogP contribution is 2.45. The lowest BCUT2D eigenvalue weighted by Crippen LogP contribution is -2.29. The summed E-state index contributed by atoms with van der Waals surface area (Å²) in [6.45, 7) is 0.764. The summed E-state index contributed by atoms with van der Waals surface area (Å²) < 4.78 is 30.9. The van der Waals surface area contributed by atoms with Gasteiger partial charge in [0.2, 0.25) is 0 Å². The van der Waals surface area contributed by atoms with E-state index in [1.165, 1.54) is 29.4 Å². The molecule has 0 spiro atoms. The van der Waals surface area contributed by atoms with Gasteiger partial charge in [-0.2, -0.15) is 0 Å². The minimum Gasteiger partial charge on any atom is -0.507 e. The van der Waals surface area contributed by atoms with Crippen molar-refractivity contribution in [2.24, 2.45) is 0 Å². The van der Waals surface area contributed by atoms with E-state index in [0.29, 0.717) is 34.9 Å². The van der Waals surface area contributed by atoms with Crippen LogP contribution in [0.1, 0.15) is 17.4 Å². The first-order chi connectivity index (χ1) is 16.5. The summed E-state index contributed by atoms with van der Waals surface area (Å²) >= 11 is 1.06. The third-order valence-electron chi connectivity index (χ3n) is 5.62. The lowest BCUT2D eigenvalue weighted by molar-refractivity contribution is -0.132. The topological polar surface area (TPSA) is 102 Å². The van der Waals surface area contributed by atoms with Gasteiger partial charge in [0, 0.05) is 5.56 Å². The van der Waals surface area contributed by atoms with E-state index in [0.717, 1.165) is 11.3 Å². The highest BCUT2D eigenvalue weighted by Gasteiger charge is 2.49. The molecule has 0 radical (unpaired) electrons. The molecule has 0 aliphatic carbocycles. The molecule has 1 saturated heterocycles. The molecular formula is C24H15FN2O6S.